The maximum absolute atomic E-state index is 5.77. The molecule has 0 amide bonds. The summed E-state index contributed by atoms with van der Waals surface area (Å²) in [5.41, 5.74) is 0. The van der Waals surface area contributed by atoms with Gasteiger partial charge in [0.05, 0.1) is 14.2 Å². The van der Waals surface area contributed by atoms with Crippen LogP contribution in [0, 0.1) is 0 Å². The van der Waals surface area contributed by atoms with Crippen LogP contribution >= 0.6 is 0 Å². The van der Waals surface area contributed by atoms with Gasteiger partial charge in [-0.05, 0) is 19.1 Å². The van der Waals surface area contributed by atoms with E-state index in [0.29, 0.717) is 28.9 Å². The van der Waals surface area contributed by atoms with E-state index in [1.807, 2.05) is 25.1 Å². The molecule has 1 aromatic heterocycles. The predicted octanol–water partition coefficient (Wildman–Crippen LogP) is 2.72. The molecular formula is C14H17N3O3. The van der Waals surface area contributed by atoms with Crippen LogP contribution in [0.3, 0.4) is 0 Å². The number of hydrogen-bond acceptors (Lipinski definition) is 6. The minimum atomic E-state index is 0.336. The van der Waals surface area contributed by atoms with E-state index in [9.17, 15) is 0 Å². The van der Waals surface area contributed by atoms with E-state index in [1.54, 1.807) is 20.3 Å². The van der Waals surface area contributed by atoms with Crippen molar-refractivity contribution in [1.82, 2.24) is 9.97 Å². The van der Waals surface area contributed by atoms with Crippen LogP contribution in [-0.2, 0) is 0 Å². The molecule has 1 aromatic carbocycles. The third-order valence-corrected chi connectivity index (χ3v) is 2.60. The van der Waals surface area contributed by atoms with Crippen molar-refractivity contribution < 1.29 is 14.2 Å². The quantitative estimate of drug-likeness (QED) is 0.874. The highest BCUT2D eigenvalue weighted by atomic mass is 16.5. The summed E-state index contributed by atoms with van der Waals surface area (Å²) in [6.45, 7) is 2.70. The lowest BCUT2D eigenvalue weighted by atomic mass is 10.3. The Labute approximate surface area is 117 Å². The Balaban J connectivity index is 2.35. The maximum Gasteiger partial charge on any atom is 0.268 e. The fourth-order valence-electron chi connectivity index (χ4n) is 1.71. The van der Waals surface area contributed by atoms with E-state index in [1.165, 1.54) is 6.33 Å². The summed E-state index contributed by atoms with van der Waals surface area (Å²) < 4.78 is 16.3. The van der Waals surface area contributed by atoms with Crippen LogP contribution in [0.4, 0.5) is 5.82 Å². The largest absolute Gasteiger partial charge is 0.493 e. The van der Waals surface area contributed by atoms with E-state index in [-0.39, 0.29) is 0 Å². The van der Waals surface area contributed by atoms with E-state index >= 15 is 0 Å². The van der Waals surface area contributed by atoms with Gasteiger partial charge in [0.1, 0.15) is 6.33 Å². The van der Waals surface area contributed by atoms with Gasteiger partial charge in [-0.25, -0.2) is 4.98 Å². The number of anilines is 1. The van der Waals surface area contributed by atoms with Crippen molar-refractivity contribution >= 4 is 5.82 Å². The molecule has 0 spiro atoms. The monoisotopic (exact) mass is 275 g/mol. The highest BCUT2D eigenvalue weighted by molar-refractivity contribution is 5.56. The number of ether oxygens (including phenoxy) is 3. The molecule has 2 aromatic rings. The Kier molecular flexibility index (Phi) is 4.60. The highest BCUT2D eigenvalue weighted by Crippen LogP contribution is 2.37. The average molecular weight is 275 g/mol. The number of rotatable bonds is 6. The highest BCUT2D eigenvalue weighted by Gasteiger charge is 2.15. The van der Waals surface area contributed by atoms with Crippen molar-refractivity contribution in [3.8, 4) is 23.1 Å². The summed E-state index contributed by atoms with van der Waals surface area (Å²) in [6.07, 6.45) is 1.42. The molecule has 2 rings (SSSR count). The van der Waals surface area contributed by atoms with Crippen LogP contribution in [0.15, 0.2) is 30.6 Å². The zero-order chi connectivity index (χ0) is 14.4. The smallest absolute Gasteiger partial charge is 0.268 e. The Morgan fingerprint density at radius 2 is 1.80 bits per heavy atom. The van der Waals surface area contributed by atoms with Gasteiger partial charge in [0.15, 0.2) is 17.3 Å². The van der Waals surface area contributed by atoms with E-state index in [0.717, 1.165) is 6.54 Å². The summed E-state index contributed by atoms with van der Waals surface area (Å²) in [5, 5.41) is 3.09. The van der Waals surface area contributed by atoms with Crippen LogP contribution in [0.5, 0.6) is 23.1 Å². The minimum Gasteiger partial charge on any atom is -0.493 e. The average Bonchev–Trinajstić information content (AvgIpc) is 2.48. The molecule has 106 valence electrons. The molecule has 0 aliphatic heterocycles. The number of para-hydroxylation sites is 2. The van der Waals surface area contributed by atoms with Gasteiger partial charge < -0.3 is 19.5 Å². The lowest BCUT2D eigenvalue weighted by Gasteiger charge is -2.14. The number of hydrogen-bond donors (Lipinski definition) is 1. The maximum atomic E-state index is 5.77. The lowest BCUT2D eigenvalue weighted by Crippen LogP contribution is -2.04. The van der Waals surface area contributed by atoms with Gasteiger partial charge in [0.25, 0.3) is 5.88 Å². The topological polar surface area (TPSA) is 65.5 Å². The van der Waals surface area contributed by atoms with Gasteiger partial charge in [0, 0.05) is 6.54 Å². The molecule has 1 heterocycles. The van der Waals surface area contributed by atoms with Gasteiger partial charge in [-0.2, -0.15) is 4.98 Å². The molecule has 0 bridgehead atoms. The zero-order valence-electron chi connectivity index (χ0n) is 11.7. The molecule has 0 radical (unpaired) electrons. The minimum absolute atomic E-state index is 0.336. The van der Waals surface area contributed by atoms with Crippen LogP contribution in [-0.4, -0.2) is 30.7 Å². The molecule has 20 heavy (non-hydrogen) atoms. The van der Waals surface area contributed by atoms with Crippen LogP contribution in [0.1, 0.15) is 6.92 Å². The van der Waals surface area contributed by atoms with Gasteiger partial charge >= 0.3 is 0 Å². The first-order valence-corrected chi connectivity index (χ1v) is 6.23. The van der Waals surface area contributed by atoms with Crippen molar-refractivity contribution in [2.24, 2.45) is 0 Å². The third-order valence-electron chi connectivity index (χ3n) is 2.60. The van der Waals surface area contributed by atoms with Crippen molar-refractivity contribution in [2.45, 2.75) is 6.92 Å². The summed E-state index contributed by atoms with van der Waals surface area (Å²) in [5.74, 6) is 2.57. The normalized spacial score (nSPS) is 9.95. The van der Waals surface area contributed by atoms with Crippen LogP contribution < -0.4 is 19.5 Å². The molecule has 0 saturated carbocycles. The van der Waals surface area contributed by atoms with Crippen molar-refractivity contribution in [1.29, 1.82) is 0 Å². The molecule has 1 N–H and O–H groups in total. The SMILES string of the molecule is CCNc1ncnc(Oc2ccccc2OC)c1OC. The van der Waals surface area contributed by atoms with E-state index in [2.05, 4.69) is 15.3 Å². The first kappa shape index (κ1) is 13.9. The molecule has 0 fully saturated rings. The second-order valence-corrected chi connectivity index (χ2v) is 3.84. The zero-order valence-corrected chi connectivity index (χ0v) is 11.7. The molecule has 0 saturated heterocycles. The molecule has 6 nitrogen and oxygen atoms in total. The number of nitrogens with one attached hydrogen (secondary N) is 1. The van der Waals surface area contributed by atoms with Crippen LogP contribution in [0.25, 0.3) is 0 Å². The van der Waals surface area contributed by atoms with Crippen molar-refractivity contribution in [2.75, 3.05) is 26.1 Å². The predicted molar refractivity (Wildman–Crippen MR) is 75.8 cm³/mol. The summed E-state index contributed by atoms with van der Waals surface area (Å²) in [4.78, 5) is 8.23. The second kappa shape index (κ2) is 6.60. The van der Waals surface area contributed by atoms with E-state index in [4.69, 9.17) is 14.2 Å². The number of methoxy groups -OCH3 is 2. The van der Waals surface area contributed by atoms with Gasteiger partial charge in [-0.1, -0.05) is 12.1 Å². The molecule has 0 unspecified atom stereocenters. The van der Waals surface area contributed by atoms with Gasteiger partial charge in [0.2, 0.25) is 5.75 Å². The molecule has 6 heteroatoms. The first-order chi connectivity index (χ1) is 9.80. The number of nitrogens with zero attached hydrogens (tertiary/aromatic N) is 2. The van der Waals surface area contributed by atoms with Gasteiger partial charge in [-0.15, -0.1) is 0 Å². The van der Waals surface area contributed by atoms with Crippen molar-refractivity contribution in [3.05, 3.63) is 30.6 Å². The molecule has 0 aliphatic rings. The molecular weight excluding hydrogens is 258 g/mol. The van der Waals surface area contributed by atoms with Crippen LogP contribution in [0.2, 0.25) is 0 Å². The Bertz CT molecular complexity index is 575. The second-order valence-electron chi connectivity index (χ2n) is 3.84. The Hall–Kier alpha value is -2.50. The summed E-state index contributed by atoms with van der Waals surface area (Å²) >= 11 is 0. The standard InChI is InChI=1S/C14H17N3O3/c1-4-15-13-12(19-3)14(17-9-16-13)20-11-8-6-5-7-10(11)18-2/h5-9H,4H2,1-3H3,(H,15,16,17). The molecule has 0 aliphatic carbocycles. The summed E-state index contributed by atoms with van der Waals surface area (Å²) in [7, 11) is 3.14. The molecule has 0 atom stereocenters. The van der Waals surface area contributed by atoms with Crippen molar-refractivity contribution in [3.63, 3.8) is 0 Å². The number of aromatic nitrogens is 2. The number of benzene rings is 1. The first-order valence-electron chi connectivity index (χ1n) is 6.23. The lowest BCUT2D eigenvalue weighted by molar-refractivity contribution is 0.348. The van der Waals surface area contributed by atoms with Gasteiger partial charge in [-0.3, -0.25) is 0 Å². The Morgan fingerprint density at radius 3 is 2.45 bits per heavy atom. The fraction of sp³-hybridized carbons (Fsp3) is 0.286. The summed E-state index contributed by atoms with van der Waals surface area (Å²) in [6, 6.07) is 7.34. The Morgan fingerprint density at radius 1 is 1.05 bits per heavy atom. The van der Waals surface area contributed by atoms with E-state index < -0.39 is 0 Å². The fourth-order valence-corrected chi connectivity index (χ4v) is 1.71. The third kappa shape index (κ3) is 2.90.